The van der Waals surface area contributed by atoms with E-state index < -0.39 is 0 Å². The lowest BCUT2D eigenvalue weighted by Gasteiger charge is -2.19. The van der Waals surface area contributed by atoms with E-state index in [-0.39, 0.29) is 0 Å². The first-order valence-electron chi connectivity index (χ1n) is 5.80. The monoisotopic (exact) mass is 239 g/mol. The minimum atomic E-state index is 0.643. The summed E-state index contributed by atoms with van der Waals surface area (Å²) in [6, 6.07) is 2.65. The maximum Gasteiger partial charge on any atom is 0.147 e. The molecule has 1 aliphatic rings. The Bertz CT molecular complexity index is 363. The van der Waals surface area contributed by atoms with Crippen molar-refractivity contribution in [2.45, 2.75) is 32.4 Å². The lowest BCUT2D eigenvalue weighted by molar-refractivity contribution is 0.724. The van der Waals surface area contributed by atoms with Crippen LogP contribution >= 0.6 is 11.6 Å². The number of anilines is 1. The van der Waals surface area contributed by atoms with E-state index in [0.29, 0.717) is 6.04 Å². The molecule has 1 saturated carbocycles. The van der Waals surface area contributed by atoms with E-state index in [1.807, 2.05) is 12.3 Å². The molecule has 2 rings (SSSR count). The van der Waals surface area contributed by atoms with Crippen LogP contribution in [0.25, 0.3) is 0 Å². The maximum absolute atomic E-state index is 6.24. The molecule has 1 N–H and O–H groups in total. The fraction of sp³-hybridized carbons (Fsp3) is 0.583. The average Bonchev–Trinajstić information content (AvgIpc) is 3.09. The lowest BCUT2D eigenvalue weighted by Crippen LogP contribution is -2.21. The minimum Gasteiger partial charge on any atom is -0.355 e. The van der Waals surface area contributed by atoms with Crippen molar-refractivity contribution in [2.24, 2.45) is 0 Å². The molecule has 0 aromatic carbocycles. The van der Waals surface area contributed by atoms with Crippen molar-refractivity contribution in [3.63, 3.8) is 0 Å². The Morgan fingerprint density at radius 3 is 2.88 bits per heavy atom. The second-order valence-corrected chi connectivity index (χ2v) is 4.68. The molecule has 1 aliphatic carbocycles. The third-order valence-electron chi connectivity index (χ3n) is 2.89. The van der Waals surface area contributed by atoms with E-state index in [4.69, 9.17) is 11.6 Å². The van der Waals surface area contributed by atoms with Crippen LogP contribution in [0.5, 0.6) is 0 Å². The number of pyridine rings is 1. The highest BCUT2D eigenvalue weighted by Crippen LogP contribution is 2.32. The Labute approximate surface area is 102 Å². The van der Waals surface area contributed by atoms with Gasteiger partial charge in [0.15, 0.2) is 0 Å². The second-order valence-electron chi connectivity index (χ2n) is 4.27. The summed E-state index contributed by atoms with van der Waals surface area (Å²) in [5, 5.41) is 4.02. The molecule has 0 saturated heterocycles. The summed E-state index contributed by atoms with van der Waals surface area (Å²) in [5.74, 6) is 0.907. The highest BCUT2D eigenvalue weighted by molar-refractivity contribution is 6.33. The molecular formula is C12H18ClN3. The number of nitrogens with zero attached hydrogens (tertiary/aromatic N) is 2. The van der Waals surface area contributed by atoms with Gasteiger partial charge in [0.25, 0.3) is 0 Å². The van der Waals surface area contributed by atoms with Crippen LogP contribution in [0.3, 0.4) is 0 Å². The number of rotatable bonds is 5. The summed E-state index contributed by atoms with van der Waals surface area (Å²) in [6.45, 7) is 3.88. The molecule has 0 atom stereocenters. The van der Waals surface area contributed by atoms with Crippen LogP contribution in [0.15, 0.2) is 12.3 Å². The van der Waals surface area contributed by atoms with Crippen LogP contribution in [0, 0.1) is 0 Å². The van der Waals surface area contributed by atoms with Crippen LogP contribution in [0.1, 0.15) is 25.3 Å². The first kappa shape index (κ1) is 11.7. The van der Waals surface area contributed by atoms with Crippen molar-refractivity contribution in [3.8, 4) is 0 Å². The van der Waals surface area contributed by atoms with Gasteiger partial charge in [-0.2, -0.15) is 0 Å². The predicted molar refractivity (Wildman–Crippen MR) is 68.1 cm³/mol. The first-order valence-corrected chi connectivity index (χ1v) is 6.18. The van der Waals surface area contributed by atoms with E-state index in [1.165, 1.54) is 12.8 Å². The summed E-state index contributed by atoms with van der Waals surface area (Å²) >= 11 is 6.24. The average molecular weight is 240 g/mol. The van der Waals surface area contributed by atoms with Crippen LogP contribution in [0.4, 0.5) is 5.82 Å². The summed E-state index contributed by atoms with van der Waals surface area (Å²) in [7, 11) is 2.07. The van der Waals surface area contributed by atoms with Gasteiger partial charge in [0.1, 0.15) is 5.82 Å². The molecule has 0 radical (unpaired) electrons. The topological polar surface area (TPSA) is 28.2 Å². The molecule has 4 heteroatoms. The Balaban J connectivity index is 2.09. The standard InChI is InChI=1S/C12H18ClN3/c1-3-14-7-9-6-11(13)12(15-8-9)16(2)10-4-5-10/h6,8,10,14H,3-5,7H2,1-2H3. The smallest absolute Gasteiger partial charge is 0.147 e. The Hall–Kier alpha value is -0.800. The van der Waals surface area contributed by atoms with Crippen molar-refractivity contribution in [1.82, 2.24) is 10.3 Å². The normalized spacial score (nSPS) is 15.2. The highest BCUT2D eigenvalue weighted by atomic mass is 35.5. The second kappa shape index (κ2) is 5.02. The first-order chi connectivity index (χ1) is 7.72. The third kappa shape index (κ3) is 2.66. The zero-order chi connectivity index (χ0) is 11.5. The van der Waals surface area contributed by atoms with Crippen LogP contribution < -0.4 is 10.2 Å². The van der Waals surface area contributed by atoms with Crippen molar-refractivity contribution >= 4 is 17.4 Å². The molecular weight excluding hydrogens is 222 g/mol. The minimum absolute atomic E-state index is 0.643. The molecule has 1 aromatic rings. The number of hydrogen-bond donors (Lipinski definition) is 1. The van der Waals surface area contributed by atoms with Gasteiger partial charge < -0.3 is 10.2 Å². The third-order valence-corrected chi connectivity index (χ3v) is 3.16. The van der Waals surface area contributed by atoms with Crippen molar-refractivity contribution in [3.05, 3.63) is 22.8 Å². The molecule has 3 nitrogen and oxygen atoms in total. The molecule has 0 bridgehead atoms. The number of nitrogens with one attached hydrogen (secondary N) is 1. The number of aromatic nitrogens is 1. The molecule has 1 fully saturated rings. The van der Waals surface area contributed by atoms with Crippen LogP contribution in [-0.2, 0) is 6.54 Å². The van der Waals surface area contributed by atoms with Gasteiger partial charge in [-0.3, -0.25) is 0 Å². The van der Waals surface area contributed by atoms with E-state index >= 15 is 0 Å². The Morgan fingerprint density at radius 2 is 2.31 bits per heavy atom. The van der Waals surface area contributed by atoms with Crippen molar-refractivity contribution < 1.29 is 0 Å². The molecule has 88 valence electrons. The molecule has 16 heavy (non-hydrogen) atoms. The number of hydrogen-bond acceptors (Lipinski definition) is 3. The lowest BCUT2D eigenvalue weighted by atomic mass is 10.2. The van der Waals surface area contributed by atoms with E-state index in [2.05, 4.69) is 29.2 Å². The van der Waals surface area contributed by atoms with Gasteiger partial charge in [-0.05, 0) is 31.0 Å². The summed E-state index contributed by atoms with van der Waals surface area (Å²) in [4.78, 5) is 6.63. The summed E-state index contributed by atoms with van der Waals surface area (Å²) in [6.07, 6.45) is 4.42. The summed E-state index contributed by atoms with van der Waals surface area (Å²) in [5.41, 5.74) is 1.14. The van der Waals surface area contributed by atoms with Gasteiger partial charge in [0.05, 0.1) is 5.02 Å². The van der Waals surface area contributed by atoms with Gasteiger partial charge in [-0.15, -0.1) is 0 Å². The summed E-state index contributed by atoms with van der Waals surface area (Å²) < 4.78 is 0. The molecule has 0 spiro atoms. The van der Waals surface area contributed by atoms with Gasteiger partial charge in [0, 0.05) is 25.8 Å². The zero-order valence-electron chi connectivity index (χ0n) is 9.83. The zero-order valence-corrected chi connectivity index (χ0v) is 10.6. The Kier molecular flexibility index (Phi) is 3.66. The van der Waals surface area contributed by atoms with E-state index in [9.17, 15) is 0 Å². The number of halogens is 1. The largest absolute Gasteiger partial charge is 0.355 e. The molecule has 0 aliphatic heterocycles. The molecule has 0 amide bonds. The highest BCUT2D eigenvalue weighted by Gasteiger charge is 2.28. The van der Waals surface area contributed by atoms with Crippen LogP contribution in [0.2, 0.25) is 5.02 Å². The van der Waals surface area contributed by atoms with E-state index in [1.54, 1.807) is 0 Å². The molecule has 1 heterocycles. The van der Waals surface area contributed by atoms with Gasteiger partial charge in [-0.25, -0.2) is 4.98 Å². The molecule has 0 unspecified atom stereocenters. The quantitative estimate of drug-likeness (QED) is 0.856. The van der Waals surface area contributed by atoms with Crippen molar-refractivity contribution in [1.29, 1.82) is 0 Å². The fourth-order valence-corrected chi connectivity index (χ4v) is 2.05. The Morgan fingerprint density at radius 1 is 1.56 bits per heavy atom. The van der Waals surface area contributed by atoms with Crippen molar-refractivity contribution in [2.75, 3.05) is 18.5 Å². The van der Waals surface area contributed by atoms with Gasteiger partial charge in [0.2, 0.25) is 0 Å². The maximum atomic E-state index is 6.24. The fourth-order valence-electron chi connectivity index (χ4n) is 1.73. The van der Waals surface area contributed by atoms with Gasteiger partial charge >= 0.3 is 0 Å². The van der Waals surface area contributed by atoms with Crippen LogP contribution in [-0.4, -0.2) is 24.6 Å². The predicted octanol–water partition coefficient (Wildman–Crippen LogP) is 2.44. The SMILES string of the molecule is CCNCc1cnc(N(C)C2CC2)c(Cl)c1. The van der Waals surface area contributed by atoms with E-state index in [0.717, 1.165) is 29.5 Å². The van der Waals surface area contributed by atoms with Gasteiger partial charge in [-0.1, -0.05) is 18.5 Å². The molecule has 1 aromatic heterocycles.